The van der Waals surface area contributed by atoms with Crippen molar-refractivity contribution in [1.82, 2.24) is 9.80 Å². The molecule has 2 aromatic carbocycles. The lowest BCUT2D eigenvalue weighted by atomic mass is 10.1. The van der Waals surface area contributed by atoms with E-state index in [4.69, 9.17) is 0 Å². The highest BCUT2D eigenvalue weighted by Crippen LogP contribution is 2.29. The van der Waals surface area contributed by atoms with Gasteiger partial charge in [0.1, 0.15) is 0 Å². The Balaban J connectivity index is 1.47. The van der Waals surface area contributed by atoms with E-state index >= 15 is 0 Å². The van der Waals surface area contributed by atoms with E-state index in [0.29, 0.717) is 44.7 Å². The van der Waals surface area contributed by atoms with E-state index in [1.807, 2.05) is 35.2 Å². The average Bonchev–Trinajstić information content (AvgIpc) is 2.67. The van der Waals surface area contributed by atoms with Gasteiger partial charge in [-0.2, -0.15) is 13.2 Å². The predicted octanol–water partition coefficient (Wildman–Crippen LogP) is 3.98. The van der Waals surface area contributed by atoms with Crippen LogP contribution in [0.25, 0.3) is 0 Å². The first-order chi connectivity index (χ1) is 12.9. The second kappa shape index (κ2) is 8.57. The summed E-state index contributed by atoms with van der Waals surface area (Å²) in [6.07, 6.45) is -3.11. The molecule has 1 fully saturated rings. The minimum absolute atomic E-state index is 0.137. The molecule has 27 heavy (non-hydrogen) atoms. The number of rotatable bonds is 5. The Labute approximate surface area is 157 Å². The van der Waals surface area contributed by atoms with Gasteiger partial charge in [0.25, 0.3) is 0 Å². The van der Waals surface area contributed by atoms with Crippen LogP contribution in [0.5, 0.6) is 0 Å². The maximum atomic E-state index is 12.8. The third-order valence-electron chi connectivity index (χ3n) is 4.86. The number of alkyl halides is 3. The Hall–Kier alpha value is -2.34. The number of hydrogen-bond acceptors (Lipinski definition) is 2. The Kier molecular flexibility index (Phi) is 6.16. The standard InChI is InChI=1S/C21H23F3N2O/c22-21(23,24)19-8-4-7-18(15-19)16-25-11-13-26(14-12-25)20(27)10-9-17-5-2-1-3-6-17/h1-8,15H,9-14,16H2. The van der Waals surface area contributed by atoms with Crippen molar-refractivity contribution in [2.24, 2.45) is 0 Å². The van der Waals surface area contributed by atoms with E-state index in [1.54, 1.807) is 6.07 Å². The van der Waals surface area contributed by atoms with Gasteiger partial charge in [-0.05, 0) is 23.6 Å². The zero-order valence-corrected chi connectivity index (χ0v) is 15.1. The fourth-order valence-electron chi connectivity index (χ4n) is 3.31. The van der Waals surface area contributed by atoms with Crippen LogP contribution in [0.2, 0.25) is 0 Å². The number of nitrogens with zero attached hydrogens (tertiary/aromatic N) is 2. The third kappa shape index (κ3) is 5.57. The van der Waals surface area contributed by atoms with Crippen molar-refractivity contribution in [2.45, 2.75) is 25.6 Å². The zero-order valence-electron chi connectivity index (χ0n) is 15.1. The molecule has 3 nitrogen and oxygen atoms in total. The number of carbonyl (C=O) groups is 1. The maximum Gasteiger partial charge on any atom is 0.416 e. The summed E-state index contributed by atoms with van der Waals surface area (Å²) in [6.45, 7) is 3.05. The molecule has 1 heterocycles. The van der Waals surface area contributed by atoms with Gasteiger partial charge in [0.2, 0.25) is 5.91 Å². The van der Waals surface area contributed by atoms with Gasteiger partial charge in [-0.1, -0.05) is 48.5 Å². The van der Waals surface area contributed by atoms with Gasteiger partial charge in [0.05, 0.1) is 5.56 Å². The second-order valence-electron chi connectivity index (χ2n) is 6.84. The minimum atomic E-state index is -4.32. The number of carbonyl (C=O) groups excluding carboxylic acids is 1. The molecule has 0 aromatic heterocycles. The maximum absolute atomic E-state index is 12.8. The van der Waals surface area contributed by atoms with Crippen molar-refractivity contribution in [3.63, 3.8) is 0 Å². The van der Waals surface area contributed by atoms with Crippen LogP contribution in [0.15, 0.2) is 54.6 Å². The highest BCUT2D eigenvalue weighted by Gasteiger charge is 2.30. The molecule has 144 valence electrons. The highest BCUT2D eigenvalue weighted by atomic mass is 19.4. The molecule has 0 bridgehead atoms. The predicted molar refractivity (Wildman–Crippen MR) is 98.1 cm³/mol. The van der Waals surface area contributed by atoms with Crippen LogP contribution in [-0.4, -0.2) is 41.9 Å². The van der Waals surface area contributed by atoms with E-state index in [0.717, 1.165) is 18.1 Å². The van der Waals surface area contributed by atoms with Crippen LogP contribution in [0.1, 0.15) is 23.1 Å². The molecule has 6 heteroatoms. The quantitative estimate of drug-likeness (QED) is 0.788. The highest BCUT2D eigenvalue weighted by molar-refractivity contribution is 5.76. The summed E-state index contributed by atoms with van der Waals surface area (Å²) >= 11 is 0. The van der Waals surface area contributed by atoms with Crippen molar-refractivity contribution in [2.75, 3.05) is 26.2 Å². The van der Waals surface area contributed by atoms with Gasteiger partial charge >= 0.3 is 6.18 Å². The molecule has 2 aromatic rings. The number of benzene rings is 2. The summed E-state index contributed by atoms with van der Waals surface area (Å²) in [5.74, 6) is 0.137. The number of piperazine rings is 1. The molecular formula is C21H23F3N2O. The SMILES string of the molecule is O=C(CCc1ccccc1)N1CCN(Cc2cccc(C(F)(F)F)c2)CC1. The first-order valence-corrected chi connectivity index (χ1v) is 9.12. The molecule has 0 atom stereocenters. The van der Waals surface area contributed by atoms with Crippen molar-refractivity contribution >= 4 is 5.91 Å². The molecule has 3 rings (SSSR count). The minimum Gasteiger partial charge on any atom is -0.340 e. The first-order valence-electron chi connectivity index (χ1n) is 9.12. The Morgan fingerprint density at radius 2 is 1.56 bits per heavy atom. The van der Waals surface area contributed by atoms with Crippen molar-refractivity contribution < 1.29 is 18.0 Å². The lowest BCUT2D eigenvalue weighted by molar-refractivity contribution is -0.137. The lowest BCUT2D eigenvalue weighted by Gasteiger charge is -2.35. The molecule has 1 aliphatic heterocycles. The van der Waals surface area contributed by atoms with Crippen molar-refractivity contribution in [3.8, 4) is 0 Å². The average molecular weight is 376 g/mol. The van der Waals surface area contributed by atoms with Crippen LogP contribution in [0, 0.1) is 0 Å². The van der Waals surface area contributed by atoms with Crippen LogP contribution in [0.3, 0.4) is 0 Å². The largest absolute Gasteiger partial charge is 0.416 e. The normalized spacial score (nSPS) is 15.7. The smallest absolute Gasteiger partial charge is 0.340 e. The third-order valence-corrected chi connectivity index (χ3v) is 4.86. The lowest BCUT2D eigenvalue weighted by Crippen LogP contribution is -2.48. The zero-order chi connectivity index (χ0) is 19.3. The van der Waals surface area contributed by atoms with Crippen molar-refractivity contribution in [3.05, 3.63) is 71.3 Å². The van der Waals surface area contributed by atoms with E-state index < -0.39 is 11.7 Å². The summed E-state index contributed by atoms with van der Waals surface area (Å²) in [4.78, 5) is 16.3. The molecular weight excluding hydrogens is 353 g/mol. The number of amides is 1. The summed E-state index contributed by atoms with van der Waals surface area (Å²) < 4.78 is 38.5. The van der Waals surface area contributed by atoms with Crippen LogP contribution < -0.4 is 0 Å². The number of hydrogen-bond donors (Lipinski definition) is 0. The van der Waals surface area contributed by atoms with Gasteiger partial charge < -0.3 is 4.90 Å². The summed E-state index contributed by atoms with van der Waals surface area (Å²) in [5.41, 5.74) is 1.18. The molecule has 0 spiro atoms. The Morgan fingerprint density at radius 1 is 0.889 bits per heavy atom. The first kappa shape index (κ1) is 19.4. The topological polar surface area (TPSA) is 23.6 Å². The van der Waals surface area contributed by atoms with Crippen LogP contribution in [-0.2, 0) is 23.9 Å². The monoisotopic (exact) mass is 376 g/mol. The van der Waals surface area contributed by atoms with Crippen LogP contribution in [0.4, 0.5) is 13.2 Å². The molecule has 1 saturated heterocycles. The molecule has 1 aliphatic rings. The van der Waals surface area contributed by atoms with Gasteiger partial charge in [-0.15, -0.1) is 0 Å². The molecule has 0 radical (unpaired) electrons. The van der Waals surface area contributed by atoms with Crippen molar-refractivity contribution in [1.29, 1.82) is 0 Å². The van der Waals surface area contributed by atoms with E-state index in [2.05, 4.69) is 4.90 Å². The summed E-state index contributed by atoms with van der Waals surface area (Å²) in [6, 6.07) is 15.4. The van der Waals surface area contributed by atoms with E-state index in [-0.39, 0.29) is 5.91 Å². The fraction of sp³-hybridized carbons (Fsp3) is 0.381. The van der Waals surface area contributed by atoms with Crippen LogP contribution >= 0.6 is 0 Å². The Morgan fingerprint density at radius 3 is 2.22 bits per heavy atom. The molecule has 0 unspecified atom stereocenters. The Bertz CT molecular complexity index is 754. The number of aryl methyl sites for hydroxylation is 1. The fourth-order valence-corrected chi connectivity index (χ4v) is 3.31. The van der Waals surface area contributed by atoms with Gasteiger partial charge in [-0.3, -0.25) is 9.69 Å². The molecule has 0 saturated carbocycles. The van der Waals surface area contributed by atoms with E-state index in [9.17, 15) is 18.0 Å². The second-order valence-corrected chi connectivity index (χ2v) is 6.84. The molecule has 0 aliphatic carbocycles. The molecule has 0 N–H and O–H groups in total. The van der Waals surface area contributed by atoms with Gasteiger partial charge in [0, 0.05) is 39.1 Å². The molecule has 1 amide bonds. The summed E-state index contributed by atoms with van der Waals surface area (Å²) in [5, 5.41) is 0. The van der Waals surface area contributed by atoms with Gasteiger partial charge in [-0.25, -0.2) is 0 Å². The summed E-state index contributed by atoms with van der Waals surface area (Å²) in [7, 11) is 0. The van der Waals surface area contributed by atoms with Gasteiger partial charge in [0.15, 0.2) is 0 Å². The van der Waals surface area contributed by atoms with E-state index in [1.165, 1.54) is 12.1 Å². The number of halogens is 3.